The predicted molar refractivity (Wildman–Crippen MR) is 88.7 cm³/mol. The molecule has 128 valence electrons. The Kier molecular flexibility index (Phi) is 6.38. The molecule has 0 aromatic heterocycles. The molecule has 0 aliphatic carbocycles. The van der Waals surface area contributed by atoms with E-state index in [4.69, 9.17) is 9.47 Å². The van der Waals surface area contributed by atoms with Gasteiger partial charge in [-0.25, -0.2) is 0 Å². The minimum atomic E-state index is -0.558. The lowest BCUT2D eigenvalue weighted by atomic mass is 10.2. The summed E-state index contributed by atoms with van der Waals surface area (Å²) in [7, 11) is 0. The molecule has 23 heavy (non-hydrogen) atoms. The van der Waals surface area contributed by atoms with Crippen LogP contribution < -0.4 is 10.1 Å². The van der Waals surface area contributed by atoms with Gasteiger partial charge in [-0.1, -0.05) is 0 Å². The molecule has 2 rings (SSSR count). The van der Waals surface area contributed by atoms with E-state index in [-0.39, 0.29) is 18.6 Å². The number of carbonyl (C=O) groups excluding carboxylic acids is 1. The second-order valence-corrected chi connectivity index (χ2v) is 6.12. The van der Waals surface area contributed by atoms with Gasteiger partial charge in [-0.3, -0.25) is 9.69 Å². The van der Waals surface area contributed by atoms with Gasteiger partial charge in [-0.15, -0.1) is 0 Å². The second-order valence-electron chi connectivity index (χ2n) is 6.12. The number of nitrogens with zero attached hydrogens (tertiary/aromatic N) is 1. The van der Waals surface area contributed by atoms with E-state index in [1.165, 1.54) is 6.92 Å². The van der Waals surface area contributed by atoms with Crippen LogP contribution in [0.5, 0.6) is 5.75 Å². The fraction of sp³-hybridized carbons (Fsp3) is 0.588. The highest BCUT2D eigenvalue weighted by atomic mass is 16.5. The van der Waals surface area contributed by atoms with E-state index in [1.54, 1.807) is 24.3 Å². The second kappa shape index (κ2) is 8.29. The van der Waals surface area contributed by atoms with Gasteiger partial charge in [0.25, 0.3) is 0 Å². The Morgan fingerprint density at radius 2 is 2.13 bits per heavy atom. The Balaban J connectivity index is 1.77. The van der Waals surface area contributed by atoms with Crippen LogP contribution in [0.3, 0.4) is 0 Å². The van der Waals surface area contributed by atoms with Crippen molar-refractivity contribution in [3.05, 3.63) is 24.3 Å². The molecule has 1 heterocycles. The zero-order valence-corrected chi connectivity index (χ0v) is 14.0. The van der Waals surface area contributed by atoms with Gasteiger partial charge in [0.05, 0.1) is 12.7 Å². The molecule has 0 saturated carbocycles. The first-order valence-electron chi connectivity index (χ1n) is 7.98. The van der Waals surface area contributed by atoms with Crippen molar-refractivity contribution < 1.29 is 19.4 Å². The van der Waals surface area contributed by atoms with E-state index >= 15 is 0 Å². The van der Waals surface area contributed by atoms with Crippen molar-refractivity contribution in [2.75, 3.05) is 31.6 Å². The minimum Gasteiger partial charge on any atom is -0.491 e. The normalized spacial score (nSPS) is 23.3. The number of ether oxygens (including phenoxy) is 2. The van der Waals surface area contributed by atoms with Crippen molar-refractivity contribution in [3.8, 4) is 5.75 Å². The molecule has 1 aliphatic rings. The molecule has 0 spiro atoms. The number of morpholine rings is 1. The molecule has 1 aliphatic heterocycles. The highest BCUT2D eigenvalue weighted by Gasteiger charge is 2.25. The molecular formula is C17H26N2O4. The van der Waals surface area contributed by atoms with Gasteiger partial charge < -0.3 is 19.9 Å². The van der Waals surface area contributed by atoms with Crippen molar-refractivity contribution in [2.24, 2.45) is 0 Å². The number of β-amino-alcohol motifs (C(OH)–C–C–N with tert-alkyl or cyclic N) is 1. The van der Waals surface area contributed by atoms with Crippen LogP contribution in [0.4, 0.5) is 5.69 Å². The fourth-order valence-electron chi connectivity index (χ4n) is 2.58. The van der Waals surface area contributed by atoms with Gasteiger partial charge in [-0.2, -0.15) is 0 Å². The number of carbonyl (C=O) groups is 1. The largest absolute Gasteiger partial charge is 0.491 e. The third-order valence-corrected chi connectivity index (χ3v) is 3.80. The summed E-state index contributed by atoms with van der Waals surface area (Å²) >= 11 is 0. The Hall–Kier alpha value is -1.63. The molecule has 1 saturated heterocycles. The van der Waals surface area contributed by atoms with Crippen LogP contribution >= 0.6 is 0 Å². The molecule has 1 amide bonds. The Labute approximate surface area is 137 Å². The molecule has 0 unspecified atom stereocenters. The first kappa shape index (κ1) is 17.7. The molecule has 2 N–H and O–H groups in total. The Morgan fingerprint density at radius 3 is 2.78 bits per heavy atom. The number of hydrogen-bond acceptors (Lipinski definition) is 5. The van der Waals surface area contributed by atoms with Crippen LogP contribution in [0.25, 0.3) is 0 Å². The highest BCUT2D eigenvalue weighted by molar-refractivity contribution is 5.88. The summed E-state index contributed by atoms with van der Waals surface area (Å²) in [6.07, 6.45) is -0.363. The number of nitrogens with one attached hydrogen (secondary N) is 1. The molecule has 1 fully saturated rings. The topological polar surface area (TPSA) is 71.0 Å². The zero-order chi connectivity index (χ0) is 16.8. The molecule has 0 bridgehead atoms. The van der Waals surface area contributed by atoms with Crippen LogP contribution in [0.2, 0.25) is 0 Å². The lowest BCUT2D eigenvalue weighted by Crippen LogP contribution is -2.50. The Bertz CT molecular complexity index is 506. The molecule has 0 radical (unpaired) electrons. The summed E-state index contributed by atoms with van der Waals surface area (Å²) in [6.45, 7) is 7.92. The first-order chi connectivity index (χ1) is 10.9. The number of aliphatic hydroxyl groups is 1. The van der Waals surface area contributed by atoms with Gasteiger partial charge in [0, 0.05) is 31.7 Å². The molecule has 1 aromatic carbocycles. The van der Waals surface area contributed by atoms with Gasteiger partial charge in [-0.05, 0) is 38.1 Å². The summed E-state index contributed by atoms with van der Waals surface area (Å²) in [5.41, 5.74) is 0.724. The quantitative estimate of drug-likeness (QED) is 0.830. The number of amides is 1. The summed E-state index contributed by atoms with van der Waals surface area (Å²) in [6, 6.07) is 7.40. The minimum absolute atomic E-state index is 0.108. The standard InChI is InChI=1S/C17H26N2O4/c1-12-10-22-13(2)8-19(12)9-16(21)11-23-17-6-4-15(5-7-17)18-14(3)20/h4-7,12-13,16,21H,8-11H2,1-3H3,(H,18,20)/t12-,13+,16+/m0/s1. The average Bonchev–Trinajstić information content (AvgIpc) is 2.50. The van der Waals surface area contributed by atoms with Crippen molar-refractivity contribution in [1.82, 2.24) is 4.90 Å². The molecule has 3 atom stereocenters. The third-order valence-electron chi connectivity index (χ3n) is 3.80. The van der Waals surface area contributed by atoms with E-state index in [9.17, 15) is 9.90 Å². The van der Waals surface area contributed by atoms with Gasteiger partial charge in [0.2, 0.25) is 5.91 Å². The van der Waals surface area contributed by atoms with Crippen molar-refractivity contribution in [1.29, 1.82) is 0 Å². The number of anilines is 1. The van der Waals surface area contributed by atoms with Gasteiger partial charge >= 0.3 is 0 Å². The van der Waals surface area contributed by atoms with Crippen LogP contribution in [-0.4, -0.2) is 60.5 Å². The van der Waals surface area contributed by atoms with E-state index in [1.807, 2.05) is 6.92 Å². The van der Waals surface area contributed by atoms with E-state index in [0.29, 0.717) is 24.9 Å². The molecule has 6 heteroatoms. The fourth-order valence-corrected chi connectivity index (χ4v) is 2.58. The number of benzene rings is 1. The molecule has 6 nitrogen and oxygen atoms in total. The predicted octanol–water partition coefficient (Wildman–Crippen LogP) is 1.49. The maximum absolute atomic E-state index is 11.0. The monoisotopic (exact) mass is 322 g/mol. The third kappa shape index (κ3) is 5.82. The average molecular weight is 322 g/mol. The first-order valence-corrected chi connectivity index (χ1v) is 7.98. The van der Waals surface area contributed by atoms with Crippen molar-refractivity contribution in [2.45, 2.75) is 39.0 Å². The van der Waals surface area contributed by atoms with Gasteiger partial charge in [0.15, 0.2) is 0 Å². The smallest absolute Gasteiger partial charge is 0.221 e. The maximum atomic E-state index is 11.0. The molecular weight excluding hydrogens is 296 g/mol. The lowest BCUT2D eigenvalue weighted by Gasteiger charge is -2.37. The highest BCUT2D eigenvalue weighted by Crippen LogP contribution is 2.16. The summed E-state index contributed by atoms with van der Waals surface area (Å²) in [5.74, 6) is 0.560. The lowest BCUT2D eigenvalue weighted by molar-refractivity contribution is -0.114. The SMILES string of the molecule is CC(=O)Nc1ccc(OC[C@H](O)CN2C[C@@H](C)OC[C@@H]2C)cc1. The maximum Gasteiger partial charge on any atom is 0.221 e. The summed E-state index contributed by atoms with van der Waals surface area (Å²) in [5, 5.41) is 12.9. The summed E-state index contributed by atoms with van der Waals surface area (Å²) in [4.78, 5) is 13.2. The van der Waals surface area contributed by atoms with Crippen molar-refractivity contribution in [3.63, 3.8) is 0 Å². The van der Waals surface area contributed by atoms with Crippen LogP contribution in [0, 0.1) is 0 Å². The van der Waals surface area contributed by atoms with Crippen LogP contribution in [0.1, 0.15) is 20.8 Å². The van der Waals surface area contributed by atoms with Crippen molar-refractivity contribution >= 4 is 11.6 Å². The number of hydrogen-bond donors (Lipinski definition) is 2. The van der Waals surface area contributed by atoms with Gasteiger partial charge in [0.1, 0.15) is 18.5 Å². The van der Waals surface area contributed by atoms with E-state index in [0.717, 1.165) is 12.2 Å². The number of aliphatic hydroxyl groups excluding tert-OH is 1. The number of rotatable bonds is 6. The summed E-state index contributed by atoms with van der Waals surface area (Å²) < 4.78 is 11.2. The van der Waals surface area contributed by atoms with Crippen LogP contribution in [0.15, 0.2) is 24.3 Å². The Morgan fingerprint density at radius 1 is 1.43 bits per heavy atom. The van der Waals surface area contributed by atoms with E-state index in [2.05, 4.69) is 17.1 Å². The zero-order valence-electron chi connectivity index (χ0n) is 14.0. The van der Waals surface area contributed by atoms with Crippen LogP contribution in [-0.2, 0) is 9.53 Å². The molecule has 1 aromatic rings. The van der Waals surface area contributed by atoms with E-state index < -0.39 is 6.10 Å².